The van der Waals surface area contributed by atoms with Crippen LogP contribution in [0.15, 0.2) is 79.9 Å². The Balaban J connectivity index is 1.54. The summed E-state index contributed by atoms with van der Waals surface area (Å²) in [6, 6.07) is 15.7. The number of carbonyl (C=O) groups excluding carboxylic acids is 3. The van der Waals surface area contributed by atoms with E-state index in [9.17, 15) is 19.5 Å². The lowest BCUT2D eigenvalue weighted by Gasteiger charge is -2.37. The number of rotatable bonds is 13. The van der Waals surface area contributed by atoms with E-state index in [0.717, 1.165) is 5.56 Å². The van der Waals surface area contributed by atoms with E-state index in [2.05, 4.69) is 29.1 Å². The number of halogens is 2. The number of alkyl halides is 1. The Morgan fingerprint density at radius 3 is 2.42 bits per heavy atom. The molecule has 228 valence electrons. The third-order valence-corrected chi connectivity index (χ3v) is 9.81. The van der Waals surface area contributed by atoms with Crippen molar-refractivity contribution in [3.8, 4) is 0 Å². The number of benzene rings is 2. The molecule has 43 heavy (non-hydrogen) atoms. The van der Waals surface area contributed by atoms with Crippen LogP contribution < -0.4 is 4.90 Å². The first kappa shape index (κ1) is 31.4. The van der Waals surface area contributed by atoms with E-state index >= 15 is 0 Å². The molecule has 5 rings (SSSR count). The Bertz CT molecular complexity index is 1360. The molecular weight excluding hydrogens is 634 g/mol. The van der Waals surface area contributed by atoms with Crippen LogP contribution in [0.25, 0.3) is 0 Å². The van der Waals surface area contributed by atoms with Crippen molar-refractivity contribution in [1.82, 2.24) is 9.80 Å². The minimum absolute atomic E-state index is 0.0261. The maximum absolute atomic E-state index is 14.6. The zero-order valence-corrected chi connectivity index (χ0v) is 26.3. The van der Waals surface area contributed by atoms with E-state index in [1.165, 1.54) is 0 Å². The number of anilines is 1. The summed E-state index contributed by atoms with van der Waals surface area (Å²) in [6.07, 6.45) is 4.15. The van der Waals surface area contributed by atoms with E-state index in [-0.39, 0.29) is 42.2 Å². The number of hydrogen-bond acceptors (Lipinski definition) is 5. The van der Waals surface area contributed by atoms with Gasteiger partial charge in [-0.25, -0.2) is 0 Å². The molecule has 3 amide bonds. The monoisotopic (exact) mass is 669 g/mol. The molecule has 2 aromatic rings. The van der Waals surface area contributed by atoms with Gasteiger partial charge in [-0.15, -0.1) is 13.2 Å². The number of nitrogens with zero attached hydrogens (tertiary/aromatic N) is 3. The summed E-state index contributed by atoms with van der Waals surface area (Å²) in [5.74, 6) is -2.34. The van der Waals surface area contributed by atoms with Gasteiger partial charge in [-0.1, -0.05) is 70.0 Å². The summed E-state index contributed by atoms with van der Waals surface area (Å²) in [6.45, 7) is 8.83. The molecule has 3 fully saturated rings. The molecule has 0 saturated carbocycles. The van der Waals surface area contributed by atoms with Gasteiger partial charge in [0.2, 0.25) is 11.8 Å². The molecule has 2 bridgehead atoms. The van der Waals surface area contributed by atoms with Crippen LogP contribution in [0.2, 0.25) is 5.02 Å². The van der Waals surface area contributed by atoms with Crippen LogP contribution in [0.3, 0.4) is 0 Å². The average molecular weight is 671 g/mol. The van der Waals surface area contributed by atoms with Crippen LogP contribution in [-0.2, 0) is 25.7 Å². The summed E-state index contributed by atoms with van der Waals surface area (Å²) in [4.78, 5) is 48.0. The minimum Gasteiger partial charge on any atom is -0.396 e. The Morgan fingerprint density at radius 1 is 1.07 bits per heavy atom. The Labute approximate surface area is 266 Å². The van der Waals surface area contributed by atoms with Crippen molar-refractivity contribution in [2.45, 2.75) is 48.4 Å². The van der Waals surface area contributed by atoms with Crippen LogP contribution in [0, 0.1) is 11.8 Å². The van der Waals surface area contributed by atoms with Crippen LogP contribution in [0.1, 0.15) is 24.8 Å². The van der Waals surface area contributed by atoms with Gasteiger partial charge in [-0.05, 0) is 49.1 Å². The van der Waals surface area contributed by atoms with Gasteiger partial charge in [0, 0.05) is 48.3 Å². The molecule has 10 heteroatoms. The number of amides is 3. The highest BCUT2D eigenvalue weighted by atomic mass is 79.9. The van der Waals surface area contributed by atoms with Crippen molar-refractivity contribution in [2.75, 3.05) is 31.1 Å². The van der Waals surface area contributed by atoms with E-state index < -0.39 is 29.6 Å². The first-order valence-corrected chi connectivity index (χ1v) is 15.9. The minimum atomic E-state index is -1.19. The fourth-order valence-electron chi connectivity index (χ4n) is 6.95. The number of ether oxygens (including phenoxy) is 1. The third-order valence-electron chi connectivity index (χ3n) is 8.71. The Kier molecular flexibility index (Phi) is 9.76. The fraction of sp³-hybridized carbons (Fsp3) is 0.424. The lowest BCUT2D eigenvalue weighted by atomic mass is 9.70. The zero-order valence-electron chi connectivity index (χ0n) is 24.0. The van der Waals surface area contributed by atoms with E-state index in [1.54, 1.807) is 51.1 Å². The van der Waals surface area contributed by atoms with Crippen molar-refractivity contribution >= 4 is 50.9 Å². The third kappa shape index (κ3) is 5.80. The maximum Gasteiger partial charge on any atom is 0.253 e. The van der Waals surface area contributed by atoms with Gasteiger partial charge in [-0.3, -0.25) is 14.4 Å². The second-order valence-electron chi connectivity index (χ2n) is 11.3. The van der Waals surface area contributed by atoms with E-state index in [4.69, 9.17) is 16.3 Å². The second kappa shape index (κ2) is 13.3. The molecule has 0 aliphatic carbocycles. The Hall–Kier alpha value is -2.98. The van der Waals surface area contributed by atoms with Gasteiger partial charge < -0.3 is 24.5 Å². The Morgan fingerprint density at radius 2 is 1.77 bits per heavy atom. The molecule has 8 nitrogen and oxygen atoms in total. The van der Waals surface area contributed by atoms with E-state index in [1.807, 2.05) is 30.3 Å². The van der Waals surface area contributed by atoms with Gasteiger partial charge in [0.15, 0.2) is 0 Å². The molecule has 6 atom stereocenters. The molecule has 3 heterocycles. The highest BCUT2D eigenvalue weighted by molar-refractivity contribution is 9.09. The standard InChI is InChI=1S/C33H37BrClN3O5/c1-3-16-36(21-22-10-6-5-7-11-22)30(40)26-27-31(41)38(18-8-9-19-39)29(33(27)20-25(34)28(26)43-33)32(42)37(17-4-2)24-14-12-23(35)13-15-24/h3-7,10-15,25-29,39H,1-2,8-9,16-21H2/t25?,26-,27+,28-,29?,33?/m1/s1. The molecule has 3 unspecified atom stereocenters. The van der Waals surface area contributed by atoms with Gasteiger partial charge in [0.1, 0.15) is 11.6 Å². The van der Waals surface area contributed by atoms with Crippen LogP contribution >= 0.6 is 27.5 Å². The fourth-order valence-corrected chi connectivity index (χ4v) is 8.02. The summed E-state index contributed by atoms with van der Waals surface area (Å²) < 4.78 is 6.71. The van der Waals surface area contributed by atoms with Crippen LogP contribution in [0.5, 0.6) is 0 Å². The van der Waals surface area contributed by atoms with Gasteiger partial charge >= 0.3 is 0 Å². The number of aliphatic hydroxyl groups excluding tert-OH is 1. The average Bonchev–Trinajstić information content (AvgIpc) is 3.59. The smallest absolute Gasteiger partial charge is 0.253 e. The quantitative estimate of drug-likeness (QED) is 0.191. The number of aliphatic hydroxyl groups is 1. The summed E-state index contributed by atoms with van der Waals surface area (Å²) in [5.41, 5.74) is 0.393. The summed E-state index contributed by atoms with van der Waals surface area (Å²) >= 11 is 9.89. The molecule has 3 aliphatic heterocycles. The molecule has 3 saturated heterocycles. The molecular formula is C33H37BrClN3O5. The topological polar surface area (TPSA) is 90.4 Å². The highest BCUT2D eigenvalue weighted by Crippen LogP contribution is 2.60. The molecule has 3 aliphatic rings. The lowest BCUT2D eigenvalue weighted by Crippen LogP contribution is -2.57. The number of likely N-dealkylation sites (tertiary alicyclic amines) is 1. The first-order valence-electron chi connectivity index (χ1n) is 14.6. The molecule has 0 radical (unpaired) electrons. The number of hydrogen-bond donors (Lipinski definition) is 1. The number of fused-ring (bicyclic) bond motifs is 1. The predicted molar refractivity (Wildman–Crippen MR) is 170 cm³/mol. The van der Waals surface area contributed by atoms with Crippen molar-refractivity contribution in [3.05, 3.63) is 90.5 Å². The lowest BCUT2D eigenvalue weighted by molar-refractivity contribution is -0.145. The van der Waals surface area contributed by atoms with Gasteiger partial charge in [-0.2, -0.15) is 0 Å². The largest absolute Gasteiger partial charge is 0.396 e. The van der Waals surface area contributed by atoms with Crippen molar-refractivity contribution in [2.24, 2.45) is 11.8 Å². The normalized spacial score (nSPS) is 27.2. The first-order chi connectivity index (χ1) is 20.8. The predicted octanol–water partition coefficient (Wildman–Crippen LogP) is 4.59. The van der Waals surface area contributed by atoms with Crippen molar-refractivity contribution in [1.29, 1.82) is 0 Å². The molecule has 1 N–H and O–H groups in total. The highest BCUT2D eigenvalue weighted by Gasteiger charge is 2.76. The van der Waals surface area contributed by atoms with E-state index in [0.29, 0.717) is 43.1 Å². The van der Waals surface area contributed by atoms with Gasteiger partial charge in [0.05, 0.1) is 17.9 Å². The molecule has 0 aromatic heterocycles. The van der Waals surface area contributed by atoms with Crippen LogP contribution in [-0.4, -0.2) is 81.4 Å². The molecule has 1 spiro atoms. The maximum atomic E-state index is 14.6. The number of carbonyl (C=O) groups is 3. The summed E-state index contributed by atoms with van der Waals surface area (Å²) in [7, 11) is 0. The molecule has 2 aromatic carbocycles. The zero-order chi connectivity index (χ0) is 30.7. The number of unbranched alkanes of at least 4 members (excludes halogenated alkanes) is 1. The summed E-state index contributed by atoms with van der Waals surface area (Å²) in [5, 5.41) is 10.0. The van der Waals surface area contributed by atoms with Crippen LogP contribution in [0.4, 0.5) is 5.69 Å². The van der Waals surface area contributed by atoms with Gasteiger partial charge in [0.25, 0.3) is 5.91 Å². The second-order valence-corrected chi connectivity index (χ2v) is 12.9. The SMILES string of the molecule is C=CCN(Cc1ccccc1)C(=O)[C@H]1[C@@H]2OC3(CC2Br)C(C(=O)N(CC=C)c2ccc(Cl)cc2)N(CCCCO)C(=O)[C@H]13. The van der Waals surface area contributed by atoms with Crippen molar-refractivity contribution in [3.63, 3.8) is 0 Å². The van der Waals surface area contributed by atoms with Crippen molar-refractivity contribution < 1.29 is 24.2 Å².